The molecule has 1 N–H and O–H groups in total. The Morgan fingerprint density at radius 2 is 2.11 bits per heavy atom. The van der Waals surface area contributed by atoms with Crippen LogP contribution >= 0.6 is 11.6 Å². The van der Waals surface area contributed by atoms with Gasteiger partial charge in [-0.25, -0.2) is 0 Å². The van der Waals surface area contributed by atoms with Gasteiger partial charge in [0.05, 0.1) is 12.8 Å². The zero-order chi connectivity index (χ0) is 13.8. The smallest absolute Gasteiger partial charge is 0.256 e. The predicted octanol–water partition coefficient (Wildman–Crippen LogP) is 3.10. The van der Waals surface area contributed by atoms with E-state index >= 15 is 0 Å². The van der Waals surface area contributed by atoms with Gasteiger partial charge in [-0.15, -0.1) is 0 Å². The first-order valence-electron chi connectivity index (χ1n) is 5.67. The van der Waals surface area contributed by atoms with Gasteiger partial charge < -0.3 is 14.8 Å². The summed E-state index contributed by atoms with van der Waals surface area (Å²) in [5.41, 5.74) is -0.334. The molecule has 0 aromatic heterocycles. The van der Waals surface area contributed by atoms with Gasteiger partial charge in [0.2, 0.25) is 0 Å². The number of rotatable bonds is 5. The van der Waals surface area contributed by atoms with Crippen LogP contribution < -0.4 is 10.1 Å². The van der Waals surface area contributed by atoms with Crippen LogP contribution in [0, 0.1) is 0 Å². The minimum absolute atomic E-state index is 0.229. The van der Waals surface area contributed by atoms with Crippen LogP contribution in [-0.2, 0) is 9.53 Å². The number of ether oxygens (including phenoxy) is 2. The third-order valence-corrected chi connectivity index (χ3v) is 3.25. The zero-order valence-electron chi connectivity index (χ0n) is 11.0. The summed E-state index contributed by atoms with van der Waals surface area (Å²) in [6, 6.07) is 5.05. The average Bonchev–Trinajstić information content (AvgIpc) is 2.38. The van der Waals surface area contributed by atoms with E-state index in [9.17, 15) is 4.79 Å². The Bertz CT molecular complexity index is 430. The maximum absolute atomic E-state index is 12.1. The molecule has 0 bridgehead atoms. The van der Waals surface area contributed by atoms with Crippen LogP contribution in [0.1, 0.15) is 20.3 Å². The molecule has 1 rings (SSSR count). The van der Waals surface area contributed by atoms with E-state index < -0.39 is 5.60 Å². The number of anilines is 1. The van der Waals surface area contributed by atoms with Crippen LogP contribution in [0.5, 0.6) is 5.75 Å². The fourth-order valence-corrected chi connectivity index (χ4v) is 1.60. The molecule has 0 heterocycles. The van der Waals surface area contributed by atoms with Gasteiger partial charge in [0.25, 0.3) is 5.91 Å². The number of hydrogen-bond donors (Lipinski definition) is 1. The second-order valence-corrected chi connectivity index (χ2v) is 4.52. The lowest BCUT2D eigenvalue weighted by Gasteiger charge is -2.25. The van der Waals surface area contributed by atoms with E-state index in [1.54, 1.807) is 25.1 Å². The zero-order valence-corrected chi connectivity index (χ0v) is 11.8. The summed E-state index contributed by atoms with van der Waals surface area (Å²) >= 11 is 5.90. The molecular formula is C13H18ClNO3. The minimum atomic E-state index is -0.868. The second kappa shape index (κ2) is 6.07. The van der Waals surface area contributed by atoms with E-state index in [0.717, 1.165) is 0 Å². The van der Waals surface area contributed by atoms with Crippen molar-refractivity contribution in [1.82, 2.24) is 0 Å². The molecule has 0 saturated carbocycles. The lowest BCUT2D eigenvalue weighted by atomic mass is 10.0. The van der Waals surface area contributed by atoms with E-state index in [2.05, 4.69) is 5.32 Å². The lowest BCUT2D eigenvalue weighted by Crippen LogP contribution is -2.41. The molecule has 18 heavy (non-hydrogen) atoms. The molecule has 0 aliphatic heterocycles. The lowest BCUT2D eigenvalue weighted by molar-refractivity contribution is -0.136. The molecule has 100 valence electrons. The number of amides is 1. The number of carbonyl (C=O) groups is 1. The molecule has 0 radical (unpaired) electrons. The molecule has 1 amide bonds. The molecule has 4 nitrogen and oxygen atoms in total. The molecule has 5 heteroatoms. The first-order chi connectivity index (χ1) is 8.46. The molecule has 0 fully saturated rings. The van der Waals surface area contributed by atoms with Gasteiger partial charge in [-0.05, 0) is 31.5 Å². The summed E-state index contributed by atoms with van der Waals surface area (Å²) in [7, 11) is 3.05. The summed E-state index contributed by atoms with van der Waals surface area (Å²) in [5.74, 6) is 0.329. The maximum atomic E-state index is 12.1. The summed E-state index contributed by atoms with van der Waals surface area (Å²) < 4.78 is 10.4. The molecule has 1 atom stereocenters. The van der Waals surface area contributed by atoms with E-state index in [4.69, 9.17) is 21.1 Å². The standard InChI is InChI=1S/C13H18ClNO3/c1-5-13(2,18-4)12(16)15-10-8-9(14)6-7-11(10)17-3/h6-8H,5H2,1-4H3,(H,15,16). The summed E-state index contributed by atoms with van der Waals surface area (Å²) in [5, 5.41) is 3.30. The number of methoxy groups -OCH3 is 2. The normalized spacial score (nSPS) is 13.8. The van der Waals surface area contributed by atoms with Crippen LogP contribution in [-0.4, -0.2) is 25.7 Å². The van der Waals surface area contributed by atoms with Gasteiger partial charge in [0.15, 0.2) is 0 Å². The van der Waals surface area contributed by atoms with Crippen molar-refractivity contribution in [3.05, 3.63) is 23.2 Å². The SMILES string of the molecule is CCC(C)(OC)C(=O)Nc1cc(Cl)ccc1OC. The molecule has 0 saturated heterocycles. The molecule has 1 unspecified atom stereocenters. The molecule has 0 aliphatic rings. The van der Waals surface area contributed by atoms with E-state index in [1.807, 2.05) is 6.92 Å². The first kappa shape index (κ1) is 14.8. The highest BCUT2D eigenvalue weighted by Crippen LogP contribution is 2.29. The highest BCUT2D eigenvalue weighted by atomic mass is 35.5. The van der Waals surface area contributed by atoms with Gasteiger partial charge in [0.1, 0.15) is 11.4 Å². The van der Waals surface area contributed by atoms with E-state index in [1.165, 1.54) is 14.2 Å². The van der Waals surface area contributed by atoms with Gasteiger partial charge >= 0.3 is 0 Å². The summed E-state index contributed by atoms with van der Waals surface area (Å²) in [6.45, 7) is 3.62. The third kappa shape index (κ3) is 3.15. The fraction of sp³-hybridized carbons (Fsp3) is 0.462. The summed E-state index contributed by atoms with van der Waals surface area (Å²) in [4.78, 5) is 12.1. The van der Waals surface area contributed by atoms with Crippen molar-refractivity contribution in [2.45, 2.75) is 25.9 Å². The Morgan fingerprint density at radius 3 is 2.61 bits per heavy atom. The highest BCUT2D eigenvalue weighted by Gasteiger charge is 2.31. The quantitative estimate of drug-likeness (QED) is 0.895. The van der Waals surface area contributed by atoms with Crippen molar-refractivity contribution in [3.63, 3.8) is 0 Å². The van der Waals surface area contributed by atoms with Gasteiger partial charge in [0, 0.05) is 12.1 Å². The second-order valence-electron chi connectivity index (χ2n) is 4.09. The van der Waals surface area contributed by atoms with Crippen LogP contribution in [0.15, 0.2) is 18.2 Å². The van der Waals surface area contributed by atoms with Gasteiger partial charge in [-0.3, -0.25) is 4.79 Å². The van der Waals surface area contributed by atoms with Crippen molar-refractivity contribution in [2.75, 3.05) is 19.5 Å². The Labute approximate surface area is 112 Å². The number of benzene rings is 1. The topological polar surface area (TPSA) is 47.6 Å². The molecule has 0 spiro atoms. The predicted molar refractivity (Wildman–Crippen MR) is 72.3 cm³/mol. The van der Waals surface area contributed by atoms with Gasteiger partial charge in [-0.1, -0.05) is 18.5 Å². The van der Waals surface area contributed by atoms with Gasteiger partial charge in [-0.2, -0.15) is 0 Å². The number of nitrogens with one attached hydrogen (secondary N) is 1. The van der Waals surface area contributed by atoms with Crippen LogP contribution in [0.2, 0.25) is 5.02 Å². The van der Waals surface area contributed by atoms with Crippen molar-refractivity contribution < 1.29 is 14.3 Å². The Hall–Kier alpha value is -1.26. The molecule has 1 aromatic rings. The number of hydrogen-bond acceptors (Lipinski definition) is 3. The van der Waals surface area contributed by atoms with Crippen LogP contribution in [0.25, 0.3) is 0 Å². The van der Waals surface area contributed by atoms with Crippen molar-refractivity contribution >= 4 is 23.2 Å². The Morgan fingerprint density at radius 1 is 1.44 bits per heavy atom. The largest absolute Gasteiger partial charge is 0.495 e. The Kier molecular flexibility index (Phi) is 4.99. The van der Waals surface area contributed by atoms with E-state index in [0.29, 0.717) is 22.9 Å². The maximum Gasteiger partial charge on any atom is 0.256 e. The van der Waals surface area contributed by atoms with Crippen LogP contribution in [0.3, 0.4) is 0 Å². The molecule has 1 aromatic carbocycles. The minimum Gasteiger partial charge on any atom is -0.495 e. The highest BCUT2D eigenvalue weighted by molar-refractivity contribution is 6.31. The average molecular weight is 272 g/mol. The Balaban J connectivity index is 2.97. The monoisotopic (exact) mass is 271 g/mol. The van der Waals surface area contributed by atoms with Crippen LogP contribution in [0.4, 0.5) is 5.69 Å². The number of halogens is 1. The number of carbonyl (C=O) groups excluding carboxylic acids is 1. The van der Waals surface area contributed by atoms with Crippen molar-refractivity contribution in [2.24, 2.45) is 0 Å². The summed E-state index contributed by atoms with van der Waals surface area (Å²) in [6.07, 6.45) is 0.568. The van der Waals surface area contributed by atoms with Crippen molar-refractivity contribution in [1.29, 1.82) is 0 Å². The first-order valence-corrected chi connectivity index (χ1v) is 6.04. The molecule has 0 aliphatic carbocycles. The van der Waals surface area contributed by atoms with E-state index in [-0.39, 0.29) is 5.91 Å². The van der Waals surface area contributed by atoms with Crippen molar-refractivity contribution in [3.8, 4) is 5.75 Å². The third-order valence-electron chi connectivity index (χ3n) is 3.02. The fourth-order valence-electron chi connectivity index (χ4n) is 1.43. The molecular weight excluding hydrogens is 254 g/mol.